The highest BCUT2D eigenvalue weighted by Gasteiger charge is 2.49. The summed E-state index contributed by atoms with van der Waals surface area (Å²) < 4.78 is 18.8. The first kappa shape index (κ1) is 17.0. The minimum absolute atomic E-state index is 0.0427. The zero-order valence-electron chi connectivity index (χ0n) is 14.6. The number of aromatic nitrogens is 1. The molecule has 3 rings (SSSR count). The molecule has 0 radical (unpaired) electrons. The van der Waals surface area contributed by atoms with Gasteiger partial charge in [-0.3, -0.25) is 0 Å². The van der Waals surface area contributed by atoms with Gasteiger partial charge in [0.25, 0.3) is 0 Å². The Morgan fingerprint density at radius 3 is 2.79 bits per heavy atom. The highest BCUT2D eigenvalue weighted by atomic mass is 19.1. The number of likely N-dealkylation sites (tertiary alicyclic amines) is 1. The second-order valence-electron chi connectivity index (χ2n) is 8.01. The Morgan fingerprint density at radius 2 is 2.17 bits per heavy atom. The van der Waals surface area contributed by atoms with Crippen LogP contribution in [0.4, 0.5) is 15.0 Å². The van der Waals surface area contributed by atoms with Gasteiger partial charge in [-0.15, -0.1) is 0 Å². The van der Waals surface area contributed by atoms with Crippen molar-refractivity contribution >= 4 is 11.9 Å². The van der Waals surface area contributed by atoms with Crippen molar-refractivity contribution in [3.8, 4) is 0 Å². The number of hydrogen-bond donors (Lipinski definition) is 1. The number of anilines is 1. The summed E-state index contributed by atoms with van der Waals surface area (Å²) in [6.45, 7) is 6.90. The van der Waals surface area contributed by atoms with Crippen molar-refractivity contribution in [3.05, 3.63) is 24.1 Å². The summed E-state index contributed by atoms with van der Waals surface area (Å²) in [6, 6.07) is 4.72. The number of hydrogen-bond acceptors (Lipinski definition) is 4. The average molecular weight is 335 g/mol. The average Bonchev–Trinajstić information content (AvgIpc) is 3.22. The highest BCUT2D eigenvalue weighted by Crippen LogP contribution is 2.55. The Bertz CT molecular complexity index is 611. The van der Waals surface area contributed by atoms with Gasteiger partial charge in [-0.1, -0.05) is 6.07 Å². The minimum atomic E-state index is -0.508. The third-order valence-corrected chi connectivity index (χ3v) is 4.81. The fraction of sp³-hybridized carbons (Fsp3) is 0.667. The fourth-order valence-electron chi connectivity index (χ4n) is 3.36. The predicted octanol–water partition coefficient (Wildman–Crippen LogP) is 3.81. The number of piperidine rings is 1. The van der Waals surface area contributed by atoms with Gasteiger partial charge < -0.3 is 15.0 Å². The van der Waals surface area contributed by atoms with E-state index >= 15 is 0 Å². The summed E-state index contributed by atoms with van der Waals surface area (Å²) in [6.07, 6.45) is 4.22. The third-order valence-electron chi connectivity index (χ3n) is 4.81. The molecule has 5 nitrogen and oxygen atoms in total. The van der Waals surface area contributed by atoms with Crippen LogP contribution < -0.4 is 5.32 Å². The van der Waals surface area contributed by atoms with Crippen LogP contribution in [-0.4, -0.2) is 40.7 Å². The second-order valence-corrected chi connectivity index (χ2v) is 8.01. The first-order valence-electron chi connectivity index (χ1n) is 8.62. The summed E-state index contributed by atoms with van der Waals surface area (Å²) in [5, 5.41) is 3.17. The van der Waals surface area contributed by atoms with E-state index in [0.717, 1.165) is 19.4 Å². The van der Waals surface area contributed by atoms with Gasteiger partial charge in [-0.2, -0.15) is 4.39 Å². The van der Waals surface area contributed by atoms with Crippen molar-refractivity contribution in [2.45, 2.75) is 58.1 Å². The molecule has 0 bridgehead atoms. The lowest BCUT2D eigenvalue weighted by Gasteiger charge is -2.40. The number of ether oxygens (including phenoxy) is 1. The van der Waals surface area contributed by atoms with Crippen LogP contribution in [0.3, 0.4) is 0 Å². The summed E-state index contributed by atoms with van der Waals surface area (Å²) >= 11 is 0. The van der Waals surface area contributed by atoms with E-state index in [1.807, 2.05) is 25.7 Å². The van der Waals surface area contributed by atoms with E-state index in [-0.39, 0.29) is 12.1 Å². The van der Waals surface area contributed by atoms with Crippen LogP contribution in [0, 0.1) is 11.4 Å². The van der Waals surface area contributed by atoms with Crippen LogP contribution in [0.1, 0.15) is 46.5 Å². The molecule has 1 saturated heterocycles. The number of carbonyl (C=O) groups excluding carboxylic acids is 1. The number of carbonyl (C=O) groups is 1. The van der Waals surface area contributed by atoms with Crippen molar-refractivity contribution in [2.24, 2.45) is 5.41 Å². The quantitative estimate of drug-likeness (QED) is 0.854. The zero-order valence-corrected chi connectivity index (χ0v) is 14.6. The number of nitrogens with zero attached hydrogens (tertiary/aromatic N) is 2. The molecule has 1 atom stereocenters. The number of nitrogens with one attached hydrogen (secondary N) is 1. The molecule has 132 valence electrons. The molecular weight excluding hydrogens is 309 g/mol. The molecule has 1 aliphatic carbocycles. The summed E-state index contributed by atoms with van der Waals surface area (Å²) in [4.78, 5) is 18.2. The Balaban J connectivity index is 1.66. The lowest BCUT2D eigenvalue weighted by Crippen LogP contribution is -2.51. The number of pyridine rings is 1. The largest absolute Gasteiger partial charge is 0.444 e. The van der Waals surface area contributed by atoms with Gasteiger partial charge in [0.2, 0.25) is 5.95 Å². The molecule has 1 saturated carbocycles. The molecule has 1 aliphatic heterocycles. The van der Waals surface area contributed by atoms with Crippen molar-refractivity contribution in [2.75, 3.05) is 18.4 Å². The van der Waals surface area contributed by atoms with E-state index in [4.69, 9.17) is 4.74 Å². The standard InChI is InChI=1S/C18H26FN3O2/c1-17(2,3)24-16(23)22-10-9-18(7-8-18)11-13(22)12-20-15-6-4-5-14(19)21-15/h4-6,13H,7-12H2,1-3H3,(H,20,21). The number of amides is 1. The molecule has 2 aliphatic rings. The molecule has 2 heterocycles. The van der Waals surface area contributed by atoms with Crippen molar-refractivity contribution in [1.29, 1.82) is 0 Å². The van der Waals surface area contributed by atoms with Crippen LogP contribution in [0.2, 0.25) is 0 Å². The molecule has 1 N–H and O–H groups in total. The maximum Gasteiger partial charge on any atom is 0.410 e. The van der Waals surface area contributed by atoms with Crippen LogP contribution in [-0.2, 0) is 4.74 Å². The van der Waals surface area contributed by atoms with Crippen molar-refractivity contribution in [1.82, 2.24) is 9.88 Å². The molecule has 0 aromatic carbocycles. The normalized spacial score (nSPS) is 22.3. The lowest BCUT2D eigenvalue weighted by molar-refractivity contribution is 0.00462. The van der Waals surface area contributed by atoms with Gasteiger partial charge >= 0.3 is 6.09 Å². The van der Waals surface area contributed by atoms with E-state index < -0.39 is 11.5 Å². The monoisotopic (exact) mass is 335 g/mol. The molecule has 1 unspecified atom stereocenters. The second kappa shape index (κ2) is 6.22. The molecular formula is C18H26FN3O2. The Kier molecular flexibility index (Phi) is 4.40. The lowest BCUT2D eigenvalue weighted by atomic mass is 9.88. The van der Waals surface area contributed by atoms with E-state index in [1.54, 1.807) is 12.1 Å². The van der Waals surface area contributed by atoms with Gasteiger partial charge in [0, 0.05) is 13.1 Å². The van der Waals surface area contributed by atoms with Crippen LogP contribution in [0.15, 0.2) is 18.2 Å². The molecule has 1 aromatic heterocycles. The Hall–Kier alpha value is -1.85. The summed E-state index contributed by atoms with van der Waals surface area (Å²) in [7, 11) is 0. The summed E-state index contributed by atoms with van der Waals surface area (Å²) in [5.41, 5.74) is -0.103. The smallest absolute Gasteiger partial charge is 0.410 e. The molecule has 2 fully saturated rings. The van der Waals surface area contributed by atoms with E-state index in [0.29, 0.717) is 17.8 Å². The van der Waals surface area contributed by atoms with Crippen LogP contribution in [0.25, 0.3) is 0 Å². The van der Waals surface area contributed by atoms with Crippen LogP contribution in [0.5, 0.6) is 0 Å². The van der Waals surface area contributed by atoms with E-state index in [1.165, 1.54) is 18.9 Å². The van der Waals surface area contributed by atoms with Crippen molar-refractivity contribution in [3.63, 3.8) is 0 Å². The molecule has 6 heteroatoms. The number of halogens is 1. The summed E-state index contributed by atoms with van der Waals surface area (Å²) in [5.74, 6) is -0.0131. The van der Waals surface area contributed by atoms with Gasteiger partial charge in [-0.05, 0) is 64.0 Å². The van der Waals surface area contributed by atoms with Gasteiger partial charge in [0.05, 0.1) is 6.04 Å². The van der Waals surface area contributed by atoms with Gasteiger partial charge in [0.15, 0.2) is 0 Å². The molecule has 1 spiro atoms. The topological polar surface area (TPSA) is 54.5 Å². The Labute approximate surface area is 142 Å². The first-order valence-corrected chi connectivity index (χ1v) is 8.62. The Morgan fingerprint density at radius 1 is 1.42 bits per heavy atom. The van der Waals surface area contributed by atoms with Crippen molar-refractivity contribution < 1.29 is 13.9 Å². The third kappa shape index (κ3) is 4.16. The number of rotatable bonds is 3. The first-order chi connectivity index (χ1) is 11.3. The van der Waals surface area contributed by atoms with Gasteiger partial charge in [0.1, 0.15) is 11.4 Å². The minimum Gasteiger partial charge on any atom is -0.444 e. The highest BCUT2D eigenvalue weighted by molar-refractivity contribution is 5.69. The van der Waals surface area contributed by atoms with Gasteiger partial charge in [-0.25, -0.2) is 9.78 Å². The molecule has 24 heavy (non-hydrogen) atoms. The zero-order chi connectivity index (χ0) is 17.4. The molecule has 1 aromatic rings. The maximum atomic E-state index is 13.2. The fourth-order valence-corrected chi connectivity index (χ4v) is 3.36. The SMILES string of the molecule is CC(C)(C)OC(=O)N1CCC2(CC2)CC1CNc1cccc(F)n1. The van der Waals surface area contributed by atoms with E-state index in [2.05, 4.69) is 10.3 Å². The maximum absolute atomic E-state index is 13.2. The van der Waals surface area contributed by atoms with E-state index in [9.17, 15) is 9.18 Å². The predicted molar refractivity (Wildman–Crippen MR) is 90.3 cm³/mol. The van der Waals surface area contributed by atoms with Crippen LogP contribution >= 0.6 is 0 Å². The molecule has 1 amide bonds.